The normalized spacial score (nSPS) is 16.1. The van der Waals surface area contributed by atoms with Crippen molar-refractivity contribution in [1.29, 1.82) is 0 Å². The number of carbonyl (C=O) groups excluding carboxylic acids is 2. The van der Waals surface area contributed by atoms with E-state index in [9.17, 15) is 27.2 Å². The van der Waals surface area contributed by atoms with Crippen molar-refractivity contribution in [2.75, 3.05) is 0 Å². The van der Waals surface area contributed by atoms with E-state index in [0.29, 0.717) is 17.2 Å². The van der Waals surface area contributed by atoms with Gasteiger partial charge in [-0.3, -0.25) is 14.6 Å². The van der Waals surface area contributed by atoms with E-state index in [0.717, 1.165) is 23.4 Å². The standard InChI is InChI=1S/C24H18ClF4N3O2/c25-14-10-16-15(19(26)11-14)6-7-20(16)32(21(22(30)33)13-4-2-1-3-5-13)23(34)17-12-31-9-8-18(17)24(27,28)29/h1-5,8-12,20-21H,6-7H2,(H2,30,33)/t20-,21-/m1/s1. The summed E-state index contributed by atoms with van der Waals surface area (Å²) in [6.07, 6.45) is -2.76. The molecule has 1 aromatic heterocycles. The zero-order valence-corrected chi connectivity index (χ0v) is 18.3. The molecular weight excluding hydrogens is 474 g/mol. The number of amides is 2. The molecule has 5 nitrogen and oxygen atoms in total. The summed E-state index contributed by atoms with van der Waals surface area (Å²) < 4.78 is 55.7. The molecule has 2 amide bonds. The topological polar surface area (TPSA) is 76.3 Å². The molecule has 0 fully saturated rings. The number of aromatic nitrogens is 1. The maximum absolute atomic E-state index is 14.6. The van der Waals surface area contributed by atoms with Crippen molar-refractivity contribution < 1.29 is 27.2 Å². The molecule has 0 saturated carbocycles. The zero-order valence-electron chi connectivity index (χ0n) is 17.5. The minimum absolute atomic E-state index is 0.0586. The average molecular weight is 492 g/mol. The number of carbonyl (C=O) groups is 2. The minimum Gasteiger partial charge on any atom is -0.368 e. The summed E-state index contributed by atoms with van der Waals surface area (Å²) in [5.74, 6) is -2.65. The van der Waals surface area contributed by atoms with Gasteiger partial charge in [0, 0.05) is 17.4 Å². The van der Waals surface area contributed by atoms with Crippen LogP contribution < -0.4 is 5.73 Å². The molecule has 2 N–H and O–H groups in total. The van der Waals surface area contributed by atoms with Crippen molar-refractivity contribution in [2.45, 2.75) is 31.1 Å². The van der Waals surface area contributed by atoms with Gasteiger partial charge in [-0.25, -0.2) is 4.39 Å². The van der Waals surface area contributed by atoms with Crippen LogP contribution in [-0.2, 0) is 17.4 Å². The van der Waals surface area contributed by atoms with Crippen LogP contribution >= 0.6 is 11.6 Å². The first-order chi connectivity index (χ1) is 16.1. The van der Waals surface area contributed by atoms with Crippen LogP contribution in [0.3, 0.4) is 0 Å². The van der Waals surface area contributed by atoms with Gasteiger partial charge < -0.3 is 10.6 Å². The summed E-state index contributed by atoms with van der Waals surface area (Å²) in [6, 6.07) is 8.87. The quantitative estimate of drug-likeness (QED) is 0.495. The van der Waals surface area contributed by atoms with Crippen LogP contribution in [0.25, 0.3) is 0 Å². The van der Waals surface area contributed by atoms with Gasteiger partial charge in [0.15, 0.2) is 0 Å². The molecule has 4 rings (SSSR count). The van der Waals surface area contributed by atoms with Gasteiger partial charge in [-0.1, -0.05) is 41.9 Å². The highest BCUT2D eigenvalue weighted by Crippen LogP contribution is 2.44. The molecule has 0 spiro atoms. The lowest BCUT2D eigenvalue weighted by Gasteiger charge is -2.36. The third-order valence-corrected chi connectivity index (χ3v) is 6.03. The molecule has 0 radical (unpaired) electrons. The number of benzene rings is 2. The van der Waals surface area contributed by atoms with E-state index in [4.69, 9.17) is 17.3 Å². The second-order valence-electron chi connectivity index (χ2n) is 7.86. The van der Waals surface area contributed by atoms with E-state index in [2.05, 4.69) is 4.98 Å². The van der Waals surface area contributed by atoms with Crippen LogP contribution in [0.4, 0.5) is 17.6 Å². The average Bonchev–Trinajstić information content (AvgIpc) is 3.20. The Bertz CT molecular complexity index is 1250. The number of rotatable bonds is 5. The third-order valence-electron chi connectivity index (χ3n) is 5.81. The van der Waals surface area contributed by atoms with Crippen molar-refractivity contribution in [3.8, 4) is 0 Å². The predicted molar refractivity (Wildman–Crippen MR) is 116 cm³/mol. The number of primary amides is 1. The Hall–Kier alpha value is -3.46. The molecule has 0 saturated heterocycles. The van der Waals surface area contributed by atoms with Crippen molar-refractivity contribution in [3.05, 3.63) is 99.6 Å². The summed E-state index contributed by atoms with van der Waals surface area (Å²) in [7, 11) is 0. The van der Waals surface area contributed by atoms with Crippen LogP contribution in [-0.4, -0.2) is 21.7 Å². The molecule has 2 aromatic carbocycles. The molecule has 176 valence electrons. The Labute approximate surface area is 197 Å². The van der Waals surface area contributed by atoms with E-state index in [1.54, 1.807) is 18.2 Å². The van der Waals surface area contributed by atoms with Crippen molar-refractivity contribution in [2.24, 2.45) is 5.73 Å². The predicted octanol–water partition coefficient (Wildman–Crippen LogP) is 5.25. The lowest BCUT2D eigenvalue weighted by molar-refractivity contribution is -0.138. The van der Waals surface area contributed by atoms with E-state index >= 15 is 0 Å². The van der Waals surface area contributed by atoms with E-state index in [-0.39, 0.29) is 23.4 Å². The first-order valence-electron chi connectivity index (χ1n) is 10.3. The van der Waals surface area contributed by atoms with Gasteiger partial charge in [0.2, 0.25) is 5.91 Å². The molecule has 0 unspecified atom stereocenters. The lowest BCUT2D eigenvalue weighted by atomic mass is 9.97. The Morgan fingerprint density at radius 3 is 2.50 bits per heavy atom. The molecule has 1 aliphatic rings. The molecule has 1 heterocycles. The first-order valence-corrected chi connectivity index (χ1v) is 10.6. The second-order valence-corrected chi connectivity index (χ2v) is 8.29. The molecular formula is C24H18ClF4N3O2. The maximum Gasteiger partial charge on any atom is 0.417 e. The van der Waals surface area contributed by atoms with Crippen molar-refractivity contribution >= 4 is 23.4 Å². The van der Waals surface area contributed by atoms with Crippen LogP contribution in [0, 0.1) is 5.82 Å². The summed E-state index contributed by atoms with van der Waals surface area (Å²) in [5, 5.41) is 0.0586. The molecule has 1 aliphatic carbocycles. The molecule has 0 aliphatic heterocycles. The third kappa shape index (κ3) is 4.35. The van der Waals surface area contributed by atoms with Crippen molar-refractivity contribution in [3.63, 3.8) is 0 Å². The lowest BCUT2D eigenvalue weighted by Crippen LogP contribution is -2.44. The fourth-order valence-electron chi connectivity index (χ4n) is 4.40. The largest absolute Gasteiger partial charge is 0.417 e. The highest BCUT2D eigenvalue weighted by molar-refractivity contribution is 6.30. The smallest absolute Gasteiger partial charge is 0.368 e. The monoisotopic (exact) mass is 491 g/mol. The van der Waals surface area contributed by atoms with Gasteiger partial charge >= 0.3 is 6.18 Å². The number of hydrogen-bond acceptors (Lipinski definition) is 3. The Balaban J connectivity index is 1.93. The highest BCUT2D eigenvalue weighted by Gasteiger charge is 2.43. The molecule has 2 atom stereocenters. The summed E-state index contributed by atoms with van der Waals surface area (Å²) in [6.45, 7) is 0. The number of nitrogens with two attached hydrogens (primary N) is 1. The number of pyridine rings is 1. The Kier molecular flexibility index (Phi) is 6.31. The van der Waals surface area contributed by atoms with Crippen molar-refractivity contribution in [1.82, 2.24) is 9.88 Å². The van der Waals surface area contributed by atoms with Gasteiger partial charge in [-0.05, 0) is 47.7 Å². The number of halogens is 5. The number of fused-ring (bicyclic) bond motifs is 1. The molecule has 34 heavy (non-hydrogen) atoms. The van der Waals surface area contributed by atoms with Gasteiger partial charge in [0.05, 0.1) is 17.2 Å². The Morgan fingerprint density at radius 2 is 1.85 bits per heavy atom. The fourth-order valence-corrected chi connectivity index (χ4v) is 4.61. The van der Waals surface area contributed by atoms with E-state index in [1.807, 2.05) is 0 Å². The first kappa shape index (κ1) is 23.7. The summed E-state index contributed by atoms with van der Waals surface area (Å²) >= 11 is 6.05. The van der Waals surface area contributed by atoms with Crippen LogP contribution in [0.1, 0.15) is 51.1 Å². The van der Waals surface area contributed by atoms with Crippen LogP contribution in [0.2, 0.25) is 5.02 Å². The van der Waals surface area contributed by atoms with E-state index < -0.39 is 47.0 Å². The number of alkyl halides is 3. The fraction of sp³-hybridized carbons (Fsp3) is 0.208. The number of nitrogens with zero attached hydrogens (tertiary/aromatic N) is 2. The zero-order chi connectivity index (χ0) is 24.6. The summed E-state index contributed by atoms with van der Waals surface area (Å²) in [4.78, 5) is 31.1. The van der Waals surface area contributed by atoms with Crippen LogP contribution in [0.5, 0.6) is 0 Å². The molecule has 10 heteroatoms. The SMILES string of the molecule is NC(=O)[C@@H](c1ccccc1)N(C(=O)c1cnccc1C(F)(F)F)[C@@H]1CCc2c(F)cc(Cl)cc21. The van der Waals surface area contributed by atoms with Crippen LogP contribution in [0.15, 0.2) is 60.9 Å². The van der Waals surface area contributed by atoms with Gasteiger partial charge in [-0.15, -0.1) is 0 Å². The minimum atomic E-state index is -4.85. The molecule has 3 aromatic rings. The Morgan fingerprint density at radius 1 is 1.15 bits per heavy atom. The van der Waals surface area contributed by atoms with Gasteiger partial charge in [0.25, 0.3) is 5.91 Å². The van der Waals surface area contributed by atoms with E-state index in [1.165, 1.54) is 18.2 Å². The van der Waals surface area contributed by atoms with Gasteiger partial charge in [-0.2, -0.15) is 13.2 Å². The maximum atomic E-state index is 14.6. The highest BCUT2D eigenvalue weighted by atomic mass is 35.5. The van der Waals surface area contributed by atoms with Gasteiger partial charge in [0.1, 0.15) is 11.9 Å². The summed E-state index contributed by atoms with van der Waals surface area (Å²) in [5.41, 5.74) is 4.64. The molecule has 0 bridgehead atoms. The second kappa shape index (κ2) is 9.06. The number of hydrogen-bond donors (Lipinski definition) is 1.